The van der Waals surface area contributed by atoms with E-state index >= 15 is 0 Å². The first-order valence-electron chi connectivity index (χ1n) is 11.5. The molecule has 34 heavy (non-hydrogen) atoms. The predicted octanol–water partition coefficient (Wildman–Crippen LogP) is 4.87. The van der Waals surface area contributed by atoms with Crippen molar-refractivity contribution in [3.63, 3.8) is 0 Å². The third kappa shape index (κ3) is 4.76. The number of hydrogen-bond acceptors (Lipinski definition) is 4. The van der Waals surface area contributed by atoms with Crippen molar-refractivity contribution in [2.45, 2.75) is 31.2 Å². The van der Waals surface area contributed by atoms with E-state index in [-0.39, 0.29) is 11.7 Å². The molecular weight excluding hydrogens is 429 g/mol. The molecule has 1 saturated heterocycles. The summed E-state index contributed by atoms with van der Waals surface area (Å²) >= 11 is 0. The Morgan fingerprint density at radius 1 is 1.18 bits per heavy atom. The van der Waals surface area contributed by atoms with Gasteiger partial charge in [0.25, 0.3) is 0 Å². The second kappa shape index (κ2) is 9.82. The van der Waals surface area contributed by atoms with Crippen LogP contribution in [0.1, 0.15) is 36.0 Å². The molecule has 0 aromatic heterocycles. The highest BCUT2D eigenvalue weighted by molar-refractivity contribution is 5.87. The summed E-state index contributed by atoms with van der Waals surface area (Å²) in [6.45, 7) is 2.10. The largest absolute Gasteiger partial charge is 0.494 e. The lowest BCUT2D eigenvalue weighted by Crippen LogP contribution is -2.44. The number of rotatable bonds is 6. The number of fused-ring (bicyclic) bond motifs is 1. The third-order valence-electron chi connectivity index (χ3n) is 7.11. The Morgan fingerprint density at radius 3 is 2.59 bits per heavy atom. The number of hydrogen-bond donors (Lipinski definition) is 0. The number of methoxy groups -OCH3 is 1. The highest BCUT2D eigenvalue weighted by atomic mass is 19.1. The minimum absolute atomic E-state index is 0.00669. The van der Waals surface area contributed by atoms with Gasteiger partial charge in [-0.05, 0) is 79.1 Å². The Kier molecular flexibility index (Phi) is 6.85. The standard InChI is InChI=1S/C28H30FN3O2/c1-31-12-10-28(11-13-31,23-8-9-26(34-3)25(29)16-23)17-27(33)32(2)19-22-15-20(18-30)14-21-6-4-5-7-24(21)22/h4-9,14-16H,10-13,17,19H2,1-3H3. The zero-order valence-corrected chi connectivity index (χ0v) is 20.0. The first-order chi connectivity index (χ1) is 16.3. The maximum absolute atomic E-state index is 14.6. The van der Waals surface area contributed by atoms with Gasteiger partial charge in [-0.25, -0.2) is 4.39 Å². The average Bonchev–Trinajstić information content (AvgIpc) is 2.85. The van der Waals surface area contributed by atoms with Crippen molar-refractivity contribution in [1.82, 2.24) is 9.80 Å². The summed E-state index contributed by atoms with van der Waals surface area (Å²) in [5.41, 5.74) is 1.94. The minimum Gasteiger partial charge on any atom is -0.494 e. The first-order valence-corrected chi connectivity index (χ1v) is 11.5. The lowest BCUT2D eigenvalue weighted by Gasteiger charge is -2.41. The molecule has 4 rings (SSSR count). The Hall–Kier alpha value is -3.43. The smallest absolute Gasteiger partial charge is 0.223 e. The lowest BCUT2D eigenvalue weighted by molar-refractivity contribution is -0.132. The molecule has 0 spiro atoms. The van der Waals surface area contributed by atoms with Crippen LogP contribution in [0.15, 0.2) is 54.6 Å². The van der Waals surface area contributed by atoms with Crippen molar-refractivity contribution in [2.75, 3.05) is 34.3 Å². The van der Waals surface area contributed by atoms with Gasteiger partial charge in [0.2, 0.25) is 5.91 Å². The Balaban J connectivity index is 1.61. The summed E-state index contributed by atoms with van der Waals surface area (Å²) in [5.74, 6) is -0.189. The molecule has 1 aliphatic heterocycles. The first kappa shape index (κ1) is 23.7. The number of piperidine rings is 1. The fraction of sp³-hybridized carbons (Fsp3) is 0.357. The highest BCUT2D eigenvalue weighted by Crippen LogP contribution is 2.40. The second-order valence-corrected chi connectivity index (χ2v) is 9.33. The molecule has 3 aromatic rings. The van der Waals surface area contributed by atoms with Crippen LogP contribution in [-0.4, -0.2) is 50.0 Å². The maximum atomic E-state index is 14.6. The van der Waals surface area contributed by atoms with E-state index in [0.29, 0.717) is 18.5 Å². The van der Waals surface area contributed by atoms with Gasteiger partial charge in [0.15, 0.2) is 11.6 Å². The van der Waals surface area contributed by atoms with Gasteiger partial charge in [-0.3, -0.25) is 4.79 Å². The van der Waals surface area contributed by atoms with Crippen LogP contribution < -0.4 is 4.74 Å². The molecule has 0 saturated carbocycles. The van der Waals surface area contributed by atoms with Crippen LogP contribution >= 0.6 is 0 Å². The molecular formula is C28H30FN3O2. The summed E-state index contributed by atoms with van der Waals surface area (Å²) in [7, 11) is 5.32. The van der Waals surface area contributed by atoms with E-state index in [9.17, 15) is 14.4 Å². The predicted molar refractivity (Wildman–Crippen MR) is 131 cm³/mol. The number of halogens is 1. The normalized spacial score (nSPS) is 15.6. The van der Waals surface area contributed by atoms with Gasteiger partial charge in [-0.15, -0.1) is 0 Å². The fourth-order valence-corrected chi connectivity index (χ4v) is 4.96. The molecule has 3 aromatic carbocycles. The van der Waals surface area contributed by atoms with Crippen LogP contribution in [0.2, 0.25) is 0 Å². The summed E-state index contributed by atoms with van der Waals surface area (Å²) in [5, 5.41) is 11.5. The van der Waals surface area contributed by atoms with Crippen LogP contribution in [0.5, 0.6) is 5.75 Å². The summed E-state index contributed by atoms with van der Waals surface area (Å²) in [6, 6.07) is 18.9. The molecule has 6 heteroatoms. The monoisotopic (exact) mass is 459 g/mol. The van der Waals surface area contributed by atoms with Gasteiger partial charge in [-0.1, -0.05) is 30.3 Å². The van der Waals surface area contributed by atoms with Gasteiger partial charge < -0.3 is 14.5 Å². The maximum Gasteiger partial charge on any atom is 0.223 e. The number of nitrogens with zero attached hydrogens (tertiary/aromatic N) is 3. The van der Waals surface area contributed by atoms with E-state index in [1.54, 1.807) is 18.0 Å². The fourth-order valence-electron chi connectivity index (χ4n) is 4.96. The SMILES string of the molecule is COc1ccc(C2(CC(=O)N(C)Cc3cc(C#N)cc4ccccc34)CCN(C)CC2)cc1F. The molecule has 0 N–H and O–H groups in total. The number of carbonyl (C=O) groups excluding carboxylic acids is 1. The van der Waals surface area contributed by atoms with E-state index in [0.717, 1.165) is 47.8 Å². The van der Waals surface area contributed by atoms with Crippen LogP contribution in [-0.2, 0) is 16.8 Å². The number of likely N-dealkylation sites (tertiary alicyclic amines) is 1. The zero-order valence-electron chi connectivity index (χ0n) is 20.0. The van der Waals surface area contributed by atoms with Gasteiger partial charge >= 0.3 is 0 Å². The van der Waals surface area contributed by atoms with Crippen LogP contribution in [0.25, 0.3) is 10.8 Å². The summed E-state index contributed by atoms with van der Waals surface area (Å²) < 4.78 is 19.7. The molecule has 1 aliphatic rings. The molecule has 0 atom stereocenters. The Labute approximate surface area is 200 Å². The summed E-state index contributed by atoms with van der Waals surface area (Å²) in [6.07, 6.45) is 1.86. The zero-order chi connectivity index (χ0) is 24.3. The van der Waals surface area contributed by atoms with Crippen molar-refractivity contribution < 1.29 is 13.9 Å². The number of carbonyl (C=O) groups is 1. The molecule has 5 nitrogen and oxygen atoms in total. The van der Waals surface area contributed by atoms with Gasteiger partial charge in [-0.2, -0.15) is 5.26 Å². The lowest BCUT2D eigenvalue weighted by atomic mass is 9.70. The van der Waals surface area contributed by atoms with Crippen LogP contribution in [0.3, 0.4) is 0 Å². The second-order valence-electron chi connectivity index (χ2n) is 9.33. The average molecular weight is 460 g/mol. The van der Waals surface area contributed by atoms with Gasteiger partial charge in [0.1, 0.15) is 0 Å². The topological polar surface area (TPSA) is 56.6 Å². The number of benzene rings is 3. The molecule has 1 fully saturated rings. The third-order valence-corrected chi connectivity index (χ3v) is 7.11. The van der Waals surface area contributed by atoms with Crippen molar-refractivity contribution in [1.29, 1.82) is 5.26 Å². The molecule has 0 unspecified atom stereocenters. The van der Waals surface area contributed by atoms with E-state index in [4.69, 9.17) is 4.74 Å². The quantitative estimate of drug-likeness (QED) is 0.528. The van der Waals surface area contributed by atoms with E-state index in [1.165, 1.54) is 13.2 Å². The number of nitriles is 1. The minimum atomic E-state index is -0.429. The molecule has 0 radical (unpaired) electrons. The van der Waals surface area contributed by atoms with Gasteiger partial charge in [0, 0.05) is 25.4 Å². The molecule has 1 heterocycles. The van der Waals surface area contributed by atoms with Crippen molar-refractivity contribution >= 4 is 16.7 Å². The number of ether oxygens (including phenoxy) is 1. The number of amides is 1. The van der Waals surface area contributed by atoms with Crippen molar-refractivity contribution in [2.24, 2.45) is 0 Å². The molecule has 0 aliphatic carbocycles. The molecule has 0 bridgehead atoms. The Bertz CT molecular complexity index is 1240. The van der Waals surface area contributed by atoms with Crippen LogP contribution in [0, 0.1) is 17.1 Å². The van der Waals surface area contributed by atoms with Crippen molar-refractivity contribution in [3.8, 4) is 11.8 Å². The Morgan fingerprint density at radius 2 is 1.91 bits per heavy atom. The van der Waals surface area contributed by atoms with Crippen LogP contribution in [0.4, 0.5) is 4.39 Å². The molecule has 176 valence electrons. The van der Waals surface area contributed by atoms with Gasteiger partial charge in [0.05, 0.1) is 18.7 Å². The molecule has 1 amide bonds. The highest BCUT2D eigenvalue weighted by Gasteiger charge is 2.38. The van der Waals surface area contributed by atoms with E-state index in [2.05, 4.69) is 18.0 Å². The van der Waals surface area contributed by atoms with E-state index in [1.807, 2.05) is 42.5 Å². The summed E-state index contributed by atoms with van der Waals surface area (Å²) in [4.78, 5) is 17.5. The van der Waals surface area contributed by atoms with E-state index < -0.39 is 11.2 Å². The van der Waals surface area contributed by atoms with Crippen molar-refractivity contribution in [3.05, 3.63) is 77.1 Å².